The van der Waals surface area contributed by atoms with Gasteiger partial charge >= 0.3 is 6.03 Å². The topological polar surface area (TPSA) is 57.8 Å². The molecule has 1 N–H and O–H groups in total. The number of para-hydroxylation sites is 1. The number of urea groups is 1. The number of carbonyl (C=O) groups is 1. The Morgan fingerprint density at radius 1 is 1.29 bits per heavy atom. The van der Waals surface area contributed by atoms with Gasteiger partial charge in [0.05, 0.1) is 5.36 Å². The SMILES string of the molecule is O=C(/N=c1/ccn(O)c(Cl)c1)N1CCCc2ccccc21. The number of halogens is 1. The number of hydrogen-bond acceptors (Lipinski definition) is 2. The summed E-state index contributed by atoms with van der Waals surface area (Å²) in [6, 6.07) is 10.5. The smallest absolute Gasteiger partial charge is 0.348 e. The molecule has 1 aliphatic heterocycles. The Labute approximate surface area is 126 Å². The molecule has 21 heavy (non-hydrogen) atoms. The highest BCUT2D eigenvalue weighted by Crippen LogP contribution is 2.26. The minimum absolute atomic E-state index is 0.100. The lowest BCUT2D eigenvalue weighted by Gasteiger charge is -2.27. The molecule has 1 aromatic carbocycles. The van der Waals surface area contributed by atoms with Gasteiger partial charge in [-0.05, 0) is 30.5 Å². The van der Waals surface area contributed by atoms with Crippen molar-refractivity contribution in [3.05, 3.63) is 58.7 Å². The van der Waals surface area contributed by atoms with Crippen LogP contribution >= 0.6 is 11.6 Å². The van der Waals surface area contributed by atoms with E-state index < -0.39 is 0 Å². The molecule has 108 valence electrons. The molecule has 0 atom stereocenters. The Hall–Kier alpha value is -2.27. The van der Waals surface area contributed by atoms with Crippen molar-refractivity contribution in [2.75, 3.05) is 11.4 Å². The van der Waals surface area contributed by atoms with Crippen LogP contribution in [0.5, 0.6) is 0 Å². The van der Waals surface area contributed by atoms with Crippen LogP contribution in [0.4, 0.5) is 10.5 Å². The first-order valence-corrected chi connectivity index (χ1v) is 7.04. The fourth-order valence-corrected chi connectivity index (χ4v) is 2.60. The number of anilines is 1. The molecule has 0 spiro atoms. The molecule has 3 rings (SSSR count). The van der Waals surface area contributed by atoms with Gasteiger partial charge in [-0.25, -0.2) is 4.79 Å². The van der Waals surface area contributed by atoms with Crippen molar-refractivity contribution in [1.82, 2.24) is 4.73 Å². The number of rotatable bonds is 0. The summed E-state index contributed by atoms with van der Waals surface area (Å²) in [5.41, 5.74) is 2.07. The highest BCUT2D eigenvalue weighted by Gasteiger charge is 2.21. The quantitative estimate of drug-likeness (QED) is 0.601. The van der Waals surface area contributed by atoms with Crippen LogP contribution in [-0.2, 0) is 6.42 Å². The van der Waals surface area contributed by atoms with E-state index in [0.29, 0.717) is 11.9 Å². The zero-order valence-corrected chi connectivity index (χ0v) is 12.0. The molecule has 1 aromatic heterocycles. The number of aryl methyl sites for hydroxylation is 1. The Morgan fingerprint density at radius 2 is 2.10 bits per heavy atom. The Balaban J connectivity index is 1.95. The van der Waals surface area contributed by atoms with Gasteiger partial charge in [0.2, 0.25) is 0 Å². The van der Waals surface area contributed by atoms with Crippen molar-refractivity contribution >= 4 is 23.3 Å². The lowest BCUT2D eigenvalue weighted by molar-refractivity contribution is 0.185. The minimum Gasteiger partial charge on any atom is -0.428 e. The summed E-state index contributed by atoms with van der Waals surface area (Å²) < 4.78 is 0.765. The highest BCUT2D eigenvalue weighted by atomic mass is 35.5. The van der Waals surface area contributed by atoms with Crippen LogP contribution in [0.15, 0.2) is 47.6 Å². The number of carbonyl (C=O) groups excluding carboxylic acids is 1. The Kier molecular flexibility index (Phi) is 3.66. The van der Waals surface area contributed by atoms with Gasteiger partial charge in [0.1, 0.15) is 5.15 Å². The van der Waals surface area contributed by atoms with Crippen LogP contribution in [0.2, 0.25) is 5.15 Å². The van der Waals surface area contributed by atoms with E-state index in [1.54, 1.807) is 4.90 Å². The van der Waals surface area contributed by atoms with Gasteiger partial charge in [-0.3, -0.25) is 4.90 Å². The molecule has 2 heterocycles. The fourth-order valence-electron chi connectivity index (χ4n) is 2.43. The van der Waals surface area contributed by atoms with E-state index in [4.69, 9.17) is 11.6 Å². The summed E-state index contributed by atoms with van der Waals surface area (Å²) in [6.45, 7) is 0.653. The van der Waals surface area contributed by atoms with Gasteiger partial charge in [-0.15, -0.1) is 0 Å². The summed E-state index contributed by atoms with van der Waals surface area (Å²) >= 11 is 5.79. The van der Waals surface area contributed by atoms with E-state index in [1.807, 2.05) is 24.3 Å². The van der Waals surface area contributed by atoms with Crippen LogP contribution in [0.25, 0.3) is 0 Å². The molecule has 0 radical (unpaired) electrons. The zero-order chi connectivity index (χ0) is 14.8. The number of pyridine rings is 1. The number of nitrogens with zero attached hydrogens (tertiary/aromatic N) is 3. The summed E-state index contributed by atoms with van der Waals surface area (Å²) in [5, 5.41) is 9.82. The summed E-state index contributed by atoms with van der Waals surface area (Å²) in [7, 11) is 0. The van der Waals surface area contributed by atoms with Crippen molar-refractivity contribution in [3.8, 4) is 0 Å². The van der Waals surface area contributed by atoms with Crippen LogP contribution in [0.3, 0.4) is 0 Å². The van der Waals surface area contributed by atoms with Gasteiger partial charge in [0, 0.05) is 24.5 Å². The first-order chi connectivity index (χ1) is 10.1. The molecule has 0 unspecified atom stereocenters. The van der Waals surface area contributed by atoms with E-state index in [1.165, 1.54) is 18.3 Å². The largest absolute Gasteiger partial charge is 0.428 e. The van der Waals surface area contributed by atoms with Crippen molar-refractivity contribution in [3.63, 3.8) is 0 Å². The maximum Gasteiger partial charge on any atom is 0.348 e. The standard InChI is InChI=1S/C15H14ClN3O2/c16-14-10-12(7-9-19(14)21)17-15(20)18-8-3-5-11-4-1-2-6-13(11)18/h1-2,4,6-7,9-10,21H,3,5,8H2/b17-12-. The highest BCUT2D eigenvalue weighted by molar-refractivity contribution is 6.29. The third-order valence-corrected chi connectivity index (χ3v) is 3.72. The average molecular weight is 304 g/mol. The van der Waals surface area contributed by atoms with Crippen molar-refractivity contribution < 1.29 is 10.0 Å². The van der Waals surface area contributed by atoms with E-state index >= 15 is 0 Å². The number of fused-ring (bicyclic) bond motifs is 1. The molecule has 0 saturated carbocycles. The zero-order valence-electron chi connectivity index (χ0n) is 11.2. The number of amides is 2. The van der Waals surface area contributed by atoms with Crippen LogP contribution < -0.4 is 10.3 Å². The molecule has 0 fully saturated rings. The lowest BCUT2D eigenvalue weighted by Crippen LogP contribution is -2.34. The number of aromatic nitrogens is 1. The van der Waals surface area contributed by atoms with Gasteiger partial charge in [-0.2, -0.15) is 9.72 Å². The normalized spacial score (nSPS) is 14.9. The summed E-state index contributed by atoms with van der Waals surface area (Å²) in [5.74, 6) is 0. The predicted molar refractivity (Wildman–Crippen MR) is 79.7 cm³/mol. The van der Waals surface area contributed by atoms with E-state index in [0.717, 1.165) is 28.8 Å². The number of hydrogen-bond donors (Lipinski definition) is 1. The molecule has 0 aliphatic carbocycles. The first-order valence-electron chi connectivity index (χ1n) is 6.67. The fraction of sp³-hybridized carbons (Fsp3) is 0.200. The second-order valence-corrected chi connectivity index (χ2v) is 5.22. The minimum atomic E-state index is -0.325. The first kappa shape index (κ1) is 13.7. The molecule has 6 heteroatoms. The lowest BCUT2D eigenvalue weighted by atomic mass is 10.0. The van der Waals surface area contributed by atoms with E-state index in [2.05, 4.69) is 4.99 Å². The molecule has 0 bridgehead atoms. The van der Waals surface area contributed by atoms with Crippen molar-refractivity contribution in [2.24, 2.45) is 4.99 Å². The molecular weight excluding hydrogens is 290 g/mol. The third-order valence-electron chi connectivity index (χ3n) is 3.44. The Morgan fingerprint density at radius 3 is 2.90 bits per heavy atom. The molecule has 2 aromatic rings. The van der Waals surface area contributed by atoms with Gasteiger partial charge in [0.15, 0.2) is 0 Å². The monoisotopic (exact) mass is 303 g/mol. The number of benzene rings is 1. The predicted octanol–water partition coefficient (Wildman–Crippen LogP) is 2.85. The van der Waals surface area contributed by atoms with Crippen LogP contribution in [-0.4, -0.2) is 22.5 Å². The van der Waals surface area contributed by atoms with Gasteiger partial charge in [-0.1, -0.05) is 29.8 Å². The van der Waals surface area contributed by atoms with Gasteiger partial charge < -0.3 is 5.21 Å². The summed E-state index contributed by atoms with van der Waals surface area (Å²) in [6.07, 6.45) is 3.24. The second-order valence-electron chi connectivity index (χ2n) is 4.83. The maximum absolute atomic E-state index is 12.4. The molecule has 2 amide bonds. The molecule has 5 nitrogen and oxygen atoms in total. The van der Waals surface area contributed by atoms with E-state index in [-0.39, 0.29) is 11.2 Å². The summed E-state index contributed by atoms with van der Waals surface area (Å²) in [4.78, 5) is 18.1. The maximum atomic E-state index is 12.4. The second kappa shape index (κ2) is 5.61. The molecule has 1 aliphatic rings. The van der Waals surface area contributed by atoms with Crippen LogP contribution in [0.1, 0.15) is 12.0 Å². The molecule has 0 saturated heterocycles. The average Bonchev–Trinajstić information content (AvgIpc) is 2.50. The van der Waals surface area contributed by atoms with Crippen molar-refractivity contribution in [1.29, 1.82) is 0 Å². The van der Waals surface area contributed by atoms with Gasteiger partial charge in [0.25, 0.3) is 0 Å². The Bertz CT molecular complexity index is 755. The van der Waals surface area contributed by atoms with Crippen molar-refractivity contribution in [2.45, 2.75) is 12.8 Å². The van der Waals surface area contributed by atoms with E-state index in [9.17, 15) is 10.0 Å². The third kappa shape index (κ3) is 2.78. The van der Waals surface area contributed by atoms with Crippen LogP contribution in [0, 0.1) is 0 Å². The molecular formula is C15H14ClN3O2.